The zero-order valence-corrected chi connectivity index (χ0v) is 8.85. The molecule has 0 aliphatic rings. The fraction of sp³-hybridized carbons (Fsp3) is 0.625. The second-order valence-electron chi connectivity index (χ2n) is 3.62. The molecule has 0 bridgehead atoms. The minimum absolute atomic E-state index is 0.00479. The highest BCUT2D eigenvalue weighted by atomic mass is 32.1. The van der Waals surface area contributed by atoms with Gasteiger partial charge in [-0.3, -0.25) is 0 Å². The predicted molar refractivity (Wildman–Crippen MR) is 48.4 cm³/mol. The summed E-state index contributed by atoms with van der Waals surface area (Å²) in [4.78, 5) is 3.14. The molecule has 1 aromatic rings. The highest BCUT2D eigenvalue weighted by Crippen LogP contribution is 2.36. The molecule has 0 aliphatic heterocycles. The molecule has 0 fully saturated rings. The maximum Gasteiger partial charge on any atom is 0.443 e. The van der Waals surface area contributed by atoms with Crippen molar-refractivity contribution >= 4 is 11.3 Å². The van der Waals surface area contributed by atoms with E-state index in [1.165, 1.54) is 13.8 Å². The van der Waals surface area contributed by atoms with Crippen LogP contribution in [0.4, 0.5) is 13.2 Å². The molecule has 0 saturated carbocycles. The Labute approximate surface area is 88.2 Å². The maximum atomic E-state index is 12.2. The van der Waals surface area contributed by atoms with Crippen LogP contribution in [0.15, 0.2) is 6.20 Å². The largest absolute Gasteiger partial charge is 0.443 e. The van der Waals surface area contributed by atoms with Crippen molar-refractivity contribution in [2.45, 2.75) is 31.7 Å². The smallest absolute Gasteiger partial charge is 0.387 e. The molecule has 1 aromatic heterocycles. The number of aromatic nitrogens is 1. The van der Waals surface area contributed by atoms with Gasteiger partial charge in [0.25, 0.3) is 0 Å². The third kappa shape index (κ3) is 2.90. The molecule has 1 atom stereocenters. The second-order valence-corrected chi connectivity index (χ2v) is 4.68. The van der Waals surface area contributed by atoms with Gasteiger partial charge in [-0.1, -0.05) is 0 Å². The van der Waals surface area contributed by atoms with Gasteiger partial charge in [0.1, 0.15) is 6.10 Å². The van der Waals surface area contributed by atoms with Gasteiger partial charge >= 0.3 is 6.18 Å². The summed E-state index contributed by atoms with van der Waals surface area (Å²) in [6.45, 7) is 2.62. The lowest BCUT2D eigenvalue weighted by Crippen LogP contribution is -2.27. The van der Waals surface area contributed by atoms with E-state index in [2.05, 4.69) is 4.98 Å². The molecule has 2 N–H and O–H groups in total. The Morgan fingerprint density at radius 3 is 2.27 bits per heavy atom. The van der Waals surface area contributed by atoms with Gasteiger partial charge in [0.15, 0.2) is 5.01 Å². The van der Waals surface area contributed by atoms with E-state index >= 15 is 0 Å². The lowest BCUT2D eigenvalue weighted by atomic mass is 10.0. The number of halogens is 3. The number of aliphatic hydroxyl groups excluding tert-OH is 1. The van der Waals surface area contributed by atoms with E-state index in [0.717, 1.165) is 6.20 Å². The molecule has 86 valence electrons. The van der Waals surface area contributed by atoms with Crippen LogP contribution in [0, 0.1) is 0 Å². The Morgan fingerprint density at radius 1 is 1.40 bits per heavy atom. The molecule has 7 heteroatoms. The summed E-state index contributed by atoms with van der Waals surface area (Å²) in [5.41, 5.74) is -1.49. The fourth-order valence-electron chi connectivity index (χ4n) is 0.892. The van der Waals surface area contributed by atoms with E-state index in [9.17, 15) is 23.4 Å². The molecule has 1 heterocycles. The van der Waals surface area contributed by atoms with Crippen LogP contribution in [0.5, 0.6) is 0 Å². The number of hydrogen-bond donors (Lipinski definition) is 2. The summed E-state index contributed by atoms with van der Waals surface area (Å²) in [7, 11) is 0. The lowest BCUT2D eigenvalue weighted by molar-refractivity contribution is -0.137. The van der Waals surface area contributed by atoms with E-state index < -0.39 is 22.9 Å². The van der Waals surface area contributed by atoms with Gasteiger partial charge < -0.3 is 10.2 Å². The first-order valence-electron chi connectivity index (χ1n) is 4.05. The Morgan fingerprint density at radius 2 is 1.93 bits per heavy atom. The molecule has 0 radical (unpaired) electrons. The molecule has 3 nitrogen and oxygen atoms in total. The third-order valence-corrected chi connectivity index (χ3v) is 2.80. The Balaban J connectivity index is 2.95. The Hall–Kier alpha value is -0.660. The van der Waals surface area contributed by atoms with E-state index in [-0.39, 0.29) is 4.88 Å². The SMILES string of the molecule is CC(C)(O)C(O)c1cnc(C(F)(F)F)s1. The monoisotopic (exact) mass is 241 g/mol. The first kappa shape index (κ1) is 12.4. The van der Waals surface area contributed by atoms with Crippen LogP contribution in [0.2, 0.25) is 0 Å². The van der Waals surface area contributed by atoms with Gasteiger partial charge in [0.05, 0.1) is 10.5 Å². The van der Waals surface area contributed by atoms with E-state index in [1.54, 1.807) is 0 Å². The molecular weight excluding hydrogens is 231 g/mol. The number of nitrogens with zero attached hydrogens (tertiary/aromatic N) is 1. The third-order valence-electron chi connectivity index (χ3n) is 1.70. The number of alkyl halides is 3. The molecule has 0 saturated heterocycles. The van der Waals surface area contributed by atoms with Crippen LogP contribution >= 0.6 is 11.3 Å². The van der Waals surface area contributed by atoms with Crippen molar-refractivity contribution in [3.05, 3.63) is 16.1 Å². The van der Waals surface area contributed by atoms with E-state index in [1.807, 2.05) is 0 Å². The fourth-order valence-corrected chi connectivity index (χ4v) is 1.84. The van der Waals surface area contributed by atoms with Gasteiger partial charge in [0.2, 0.25) is 0 Å². The van der Waals surface area contributed by atoms with Crippen LogP contribution in [0.25, 0.3) is 0 Å². The topological polar surface area (TPSA) is 53.4 Å². The number of aliphatic hydroxyl groups is 2. The van der Waals surface area contributed by atoms with Crippen LogP contribution in [0.3, 0.4) is 0 Å². The van der Waals surface area contributed by atoms with Gasteiger partial charge in [-0.05, 0) is 13.8 Å². The van der Waals surface area contributed by atoms with Crippen LogP contribution < -0.4 is 0 Å². The van der Waals surface area contributed by atoms with Crippen LogP contribution in [-0.2, 0) is 6.18 Å². The summed E-state index contributed by atoms with van der Waals surface area (Å²) < 4.78 is 36.5. The molecule has 1 unspecified atom stereocenters. The molecular formula is C8H10F3NO2S. The minimum Gasteiger partial charge on any atom is -0.387 e. The van der Waals surface area contributed by atoms with Crippen LogP contribution in [-0.4, -0.2) is 20.8 Å². The molecule has 0 aliphatic carbocycles. The standard InChI is InChI=1S/C8H10F3NO2S/c1-7(2,14)5(13)4-3-12-6(15-4)8(9,10)11/h3,5,13-14H,1-2H3. The summed E-state index contributed by atoms with van der Waals surface area (Å²) >= 11 is 0.329. The average molecular weight is 241 g/mol. The van der Waals surface area contributed by atoms with E-state index in [0.29, 0.717) is 11.3 Å². The number of rotatable bonds is 2. The summed E-state index contributed by atoms with van der Waals surface area (Å²) in [5.74, 6) is 0. The molecule has 15 heavy (non-hydrogen) atoms. The Bertz CT molecular complexity index is 342. The average Bonchev–Trinajstić information content (AvgIpc) is 2.47. The van der Waals surface area contributed by atoms with Crippen molar-refractivity contribution in [2.75, 3.05) is 0 Å². The van der Waals surface area contributed by atoms with Gasteiger partial charge in [-0.15, -0.1) is 11.3 Å². The van der Waals surface area contributed by atoms with Gasteiger partial charge in [-0.2, -0.15) is 13.2 Å². The first-order valence-corrected chi connectivity index (χ1v) is 4.87. The van der Waals surface area contributed by atoms with Crippen molar-refractivity contribution in [2.24, 2.45) is 0 Å². The van der Waals surface area contributed by atoms with Crippen molar-refractivity contribution in [3.8, 4) is 0 Å². The number of thiazole rings is 1. The zero-order chi connectivity index (χ0) is 11.9. The van der Waals surface area contributed by atoms with Crippen molar-refractivity contribution in [1.82, 2.24) is 4.98 Å². The summed E-state index contributed by atoms with van der Waals surface area (Å²) in [6.07, 6.45) is -4.95. The van der Waals surface area contributed by atoms with Crippen LogP contribution in [0.1, 0.15) is 29.8 Å². The van der Waals surface area contributed by atoms with Crippen molar-refractivity contribution < 1.29 is 23.4 Å². The van der Waals surface area contributed by atoms with Crippen molar-refractivity contribution in [3.63, 3.8) is 0 Å². The first-order chi connectivity index (χ1) is 6.62. The lowest BCUT2D eigenvalue weighted by Gasteiger charge is -2.22. The quantitative estimate of drug-likeness (QED) is 0.832. The zero-order valence-electron chi connectivity index (χ0n) is 8.04. The normalized spacial score (nSPS) is 15.4. The maximum absolute atomic E-state index is 12.2. The molecule has 0 amide bonds. The highest BCUT2D eigenvalue weighted by Gasteiger charge is 2.36. The molecule has 1 rings (SSSR count). The molecule has 0 spiro atoms. The van der Waals surface area contributed by atoms with E-state index in [4.69, 9.17) is 0 Å². The number of hydrogen-bond acceptors (Lipinski definition) is 4. The summed E-state index contributed by atoms with van der Waals surface area (Å²) in [5, 5.41) is 17.9. The minimum atomic E-state index is -4.51. The summed E-state index contributed by atoms with van der Waals surface area (Å²) in [6, 6.07) is 0. The predicted octanol–water partition coefficient (Wildman–Crippen LogP) is 1.97. The van der Waals surface area contributed by atoms with Gasteiger partial charge in [-0.25, -0.2) is 4.98 Å². The second kappa shape index (κ2) is 3.73. The molecule has 0 aromatic carbocycles. The van der Waals surface area contributed by atoms with Gasteiger partial charge in [0, 0.05) is 6.20 Å². The van der Waals surface area contributed by atoms with Crippen molar-refractivity contribution in [1.29, 1.82) is 0 Å². The highest BCUT2D eigenvalue weighted by molar-refractivity contribution is 7.11. The Kier molecular flexibility index (Phi) is 3.09.